The van der Waals surface area contributed by atoms with E-state index in [0.29, 0.717) is 24.7 Å². The van der Waals surface area contributed by atoms with Crippen molar-refractivity contribution >= 4 is 17.2 Å². The molecule has 0 aliphatic heterocycles. The number of hydrogen-bond acceptors (Lipinski definition) is 5. The maximum absolute atomic E-state index is 5.56. The summed E-state index contributed by atoms with van der Waals surface area (Å²) in [4.78, 5) is 0.230. The second kappa shape index (κ2) is 6.65. The van der Waals surface area contributed by atoms with E-state index >= 15 is 0 Å². The second-order valence-electron chi connectivity index (χ2n) is 3.62. The molecular weight excluding hydrogens is 262 g/mol. The Morgan fingerprint density at radius 1 is 1.11 bits per heavy atom. The zero-order chi connectivity index (χ0) is 13.5. The molecule has 2 aromatic rings. The average Bonchev–Trinajstić information content (AvgIpc) is 2.45. The predicted molar refractivity (Wildman–Crippen MR) is 75.4 cm³/mol. The van der Waals surface area contributed by atoms with Crippen LogP contribution in [0.2, 0.25) is 0 Å². The van der Waals surface area contributed by atoms with Crippen LogP contribution in [0.15, 0.2) is 42.6 Å². The van der Waals surface area contributed by atoms with Crippen molar-refractivity contribution in [2.24, 2.45) is 5.73 Å². The minimum absolute atomic E-state index is 0.230. The van der Waals surface area contributed by atoms with E-state index in [1.54, 1.807) is 6.07 Å². The summed E-state index contributed by atoms with van der Waals surface area (Å²) in [5.74, 6) is 1.12. The molecule has 1 aromatic heterocycles. The first kappa shape index (κ1) is 13.2. The lowest BCUT2D eigenvalue weighted by Crippen LogP contribution is -2.16. The zero-order valence-electron chi connectivity index (χ0n) is 10.2. The van der Waals surface area contributed by atoms with E-state index < -0.39 is 0 Å². The van der Waals surface area contributed by atoms with Crippen LogP contribution in [0, 0.1) is 0 Å². The van der Waals surface area contributed by atoms with Crippen LogP contribution in [-0.4, -0.2) is 28.4 Å². The van der Waals surface area contributed by atoms with E-state index in [4.69, 9.17) is 27.4 Å². The Balaban J connectivity index is 1.85. The summed E-state index contributed by atoms with van der Waals surface area (Å²) in [5.41, 5.74) is 6.14. The van der Waals surface area contributed by atoms with Gasteiger partial charge in [-0.1, -0.05) is 30.4 Å². The van der Waals surface area contributed by atoms with Crippen LogP contribution < -0.4 is 15.2 Å². The maximum atomic E-state index is 5.56. The lowest BCUT2D eigenvalue weighted by molar-refractivity contribution is 0.210. The van der Waals surface area contributed by atoms with Gasteiger partial charge in [-0.25, -0.2) is 0 Å². The molecular formula is C13H13N3O2S. The van der Waals surface area contributed by atoms with Crippen LogP contribution in [0.3, 0.4) is 0 Å². The van der Waals surface area contributed by atoms with E-state index in [1.165, 1.54) is 6.20 Å². The summed E-state index contributed by atoms with van der Waals surface area (Å²) in [6.07, 6.45) is 1.52. The Labute approximate surface area is 116 Å². The molecule has 1 aromatic carbocycles. The van der Waals surface area contributed by atoms with Crippen molar-refractivity contribution in [2.45, 2.75) is 0 Å². The molecule has 2 rings (SSSR count). The Kier molecular flexibility index (Phi) is 4.63. The standard InChI is InChI=1S/C13H13N3O2S/c14-12(19)11-6-7-15-16-13(11)18-9-8-17-10-4-2-1-3-5-10/h1-7H,8-9H2,(H2,14,19). The van der Waals surface area contributed by atoms with E-state index in [2.05, 4.69) is 10.2 Å². The molecule has 0 fully saturated rings. The van der Waals surface area contributed by atoms with Crippen LogP contribution in [0.4, 0.5) is 0 Å². The van der Waals surface area contributed by atoms with Gasteiger partial charge in [-0.3, -0.25) is 0 Å². The van der Waals surface area contributed by atoms with E-state index in [-0.39, 0.29) is 4.99 Å². The molecule has 2 N–H and O–H groups in total. The van der Waals surface area contributed by atoms with Crippen molar-refractivity contribution in [2.75, 3.05) is 13.2 Å². The van der Waals surface area contributed by atoms with Gasteiger partial charge in [-0.05, 0) is 18.2 Å². The predicted octanol–water partition coefficient (Wildman–Crippen LogP) is 1.57. The molecule has 1 heterocycles. The van der Waals surface area contributed by atoms with Gasteiger partial charge >= 0.3 is 0 Å². The van der Waals surface area contributed by atoms with Crippen molar-refractivity contribution in [1.29, 1.82) is 0 Å². The number of nitrogens with two attached hydrogens (primary N) is 1. The van der Waals surface area contributed by atoms with Gasteiger partial charge in [-0.2, -0.15) is 5.10 Å². The van der Waals surface area contributed by atoms with Crippen molar-refractivity contribution in [3.05, 3.63) is 48.2 Å². The van der Waals surface area contributed by atoms with Gasteiger partial charge in [0.2, 0.25) is 5.88 Å². The molecule has 0 radical (unpaired) electrons. The molecule has 0 amide bonds. The number of benzene rings is 1. The summed E-state index contributed by atoms with van der Waals surface area (Å²) in [6, 6.07) is 11.2. The fraction of sp³-hybridized carbons (Fsp3) is 0.154. The summed E-state index contributed by atoms with van der Waals surface area (Å²) in [6.45, 7) is 0.737. The van der Waals surface area contributed by atoms with Crippen molar-refractivity contribution in [3.8, 4) is 11.6 Å². The first-order valence-corrected chi connectivity index (χ1v) is 6.10. The SMILES string of the molecule is NC(=S)c1ccnnc1OCCOc1ccccc1. The quantitative estimate of drug-likeness (QED) is 0.637. The maximum Gasteiger partial charge on any atom is 0.243 e. The van der Waals surface area contributed by atoms with Gasteiger partial charge in [0.15, 0.2) is 0 Å². The highest BCUT2D eigenvalue weighted by molar-refractivity contribution is 7.80. The first-order valence-electron chi connectivity index (χ1n) is 5.69. The number of thiocarbonyl (C=S) groups is 1. The van der Waals surface area contributed by atoms with Crippen LogP contribution in [0.5, 0.6) is 11.6 Å². The third-order valence-corrected chi connectivity index (χ3v) is 2.51. The average molecular weight is 275 g/mol. The first-order chi connectivity index (χ1) is 9.27. The number of rotatable bonds is 6. The number of aromatic nitrogens is 2. The monoisotopic (exact) mass is 275 g/mol. The van der Waals surface area contributed by atoms with E-state index in [0.717, 1.165) is 5.75 Å². The number of nitrogens with zero attached hydrogens (tertiary/aromatic N) is 2. The van der Waals surface area contributed by atoms with Crippen LogP contribution >= 0.6 is 12.2 Å². The summed E-state index contributed by atoms with van der Waals surface area (Å²) in [5, 5.41) is 7.58. The lowest BCUT2D eigenvalue weighted by atomic mass is 10.3. The van der Waals surface area contributed by atoms with Crippen LogP contribution in [0.1, 0.15) is 5.56 Å². The molecule has 0 aliphatic carbocycles. The highest BCUT2D eigenvalue weighted by Crippen LogP contribution is 2.13. The van der Waals surface area contributed by atoms with Crippen LogP contribution in [-0.2, 0) is 0 Å². The molecule has 0 spiro atoms. The van der Waals surface area contributed by atoms with E-state index in [9.17, 15) is 0 Å². The highest BCUT2D eigenvalue weighted by Gasteiger charge is 2.07. The Hall–Kier alpha value is -2.21. The Morgan fingerprint density at radius 3 is 2.58 bits per heavy atom. The normalized spacial score (nSPS) is 9.89. The third-order valence-electron chi connectivity index (χ3n) is 2.29. The molecule has 98 valence electrons. The molecule has 0 aliphatic rings. The largest absolute Gasteiger partial charge is 0.490 e. The lowest BCUT2D eigenvalue weighted by Gasteiger charge is -2.09. The molecule has 0 unspecified atom stereocenters. The Bertz CT molecular complexity index is 549. The van der Waals surface area contributed by atoms with Crippen molar-refractivity contribution in [1.82, 2.24) is 10.2 Å². The zero-order valence-corrected chi connectivity index (χ0v) is 11.0. The molecule has 0 bridgehead atoms. The molecule has 19 heavy (non-hydrogen) atoms. The van der Waals surface area contributed by atoms with Gasteiger partial charge in [0, 0.05) is 0 Å². The minimum atomic E-state index is 0.230. The van der Waals surface area contributed by atoms with Gasteiger partial charge in [0.1, 0.15) is 24.0 Å². The van der Waals surface area contributed by atoms with Crippen molar-refractivity contribution in [3.63, 3.8) is 0 Å². The van der Waals surface area contributed by atoms with Gasteiger partial charge < -0.3 is 15.2 Å². The number of ether oxygens (including phenoxy) is 2. The minimum Gasteiger partial charge on any atom is -0.490 e. The van der Waals surface area contributed by atoms with E-state index in [1.807, 2.05) is 30.3 Å². The fourth-order valence-electron chi connectivity index (χ4n) is 1.43. The molecule has 5 nitrogen and oxygen atoms in total. The molecule has 0 atom stereocenters. The molecule has 6 heteroatoms. The second-order valence-corrected chi connectivity index (χ2v) is 4.06. The van der Waals surface area contributed by atoms with Crippen molar-refractivity contribution < 1.29 is 9.47 Å². The summed E-state index contributed by atoms with van der Waals surface area (Å²) < 4.78 is 10.9. The highest BCUT2D eigenvalue weighted by atomic mass is 32.1. The number of para-hydroxylation sites is 1. The van der Waals surface area contributed by atoms with Gasteiger partial charge in [0.25, 0.3) is 0 Å². The molecule has 0 saturated carbocycles. The summed E-state index contributed by atoms with van der Waals surface area (Å²) in [7, 11) is 0. The summed E-state index contributed by atoms with van der Waals surface area (Å²) >= 11 is 4.90. The Morgan fingerprint density at radius 2 is 1.84 bits per heavy atom. The third kappa shape index (κ3) is 3.89. The fourth-order valence-corrected chi connectivity index (χ4v) is 1.58. The smallest absolute Gasteiger partial charge is 0.243 e. The molecule has 0 saturated heterocycles. The van der Waals surface area contributed by atoms with Crippen LogP contribution in [0.25, 0.3) is 0 Å². The number of hydrogen-bond donors (Lipinski definition) is 1. The van der Waals surface area contributed by atoms with Gasteiger partial charge in [-0.15, -0.1) is 5.10 Å². The topological polar surface area (TPSA) is 70.3 Å². The van der Waals surface area contributed by atoms with Gasteiger partial charge in [0.05, 0.1) is 11.8 Å².